The van der Waals surface area contributed by atoms with E-state index in [0.717, 1.165) is 11.0 Å². The van der Waals surface area contributed by atoms with Crippen LogP contribution >= 0.6 is 12.2 Å². The van der Waals surface area contributed by atoms with Crippen LogP contribution in [0.5, 0.6) is 0 Å². The van der Waals surface area contributed by atoms with E-state index in [0.29, 0.717) is 12.6 Å². The van der Waals surface area contributed by atoms with Crippen LogP contribution in [0.2, 0.25) is 0 Å². The average Bonchev–Trinajstić information content (AvgIpc) is 2.28. The lowest BCUT2D eigenvalue weighted by Gasteiger charge is -2.36. The second kappa shape index (κ2) is 7.17. The summed E-state index contributed by atoms with van der Waals surface area (Å²) >= 11 is 5.45. The van der Waals surface area contributed by atoms with Gasteiger partial charge in [-0.1, -0.05) is 19.8 Å². The number of thiocarbonyl (C=S) groups is 1. The standard InChI is InChI=1S/C13H26N2OS/c1-10-6-5-7-12(8-10)15(3)13(17)14-11(2)9-16-4/h10-12H,5-9H2,1-4H3,(H,14,17). The van der Waals surface area contributed by atoms with Crippen molar-refractivity contribution in [3.63, 3.8) is 0 Å². The zero-order valence-electron chi connectivity index (χ0n) is 11.5. The van der Waals surface area contributed by atoms with Gasteiger partial charge in [-0.15, -0.1) is 0 Å². The number of nitrogens with one attached hydrogen (secondary N) is 1. The number of rotatable bonds is 4. The quantitative estimate of drug-likeness (QED) is 0.783. The molecule has 100 valence electrons. The zero-order valence-corrected chi connectivity index (χ0v) is 12.3. The molecule has 0 saturated heterocycles. The molecule has 0 radical (unpaired) electrons. The molecule has 1 N–H and O–H groups in total. The van der Waals surface area contributed by atoms with E-state index in [9.17, 15) is 0 Å². The van der Waals surface area contributed by atoms with Crippen LogP contribution in [-0.2, 0) is 4.74 Å². The highest BCUT2D eigenvalue weighted by atomic mass is 32.1. The second-order valence-electron chi connectivity index (χ2n) is 5.34. The topological polar surface area (TPSA) is 24.5 Å². The van der Waals surface area contributed by atoms with E-state index in [-0.39, 0.29) is 6.04 Å². The fraction of sp³-hybridized carbons (Fsp3) is 0.923. The van der Waals surface area contributed by atoms with Crippen LogP contribution in [0.1, 0.15) is 39.5 Å². The van der Waals surface area contributed by atoms with Gasteiger partial charge in [0.25, 0.3) is 0 Å². The zero-order chi connectivity index (χ0) is 12.8. The molecule has 0 bridgehead atoms. The summed E-state index contributed by atoms with van der Waals surface area (Å²) < 4.78 is 5.11. The van der Waals surface area contributed by atoms with Gasteiger partial charge in [0, 0.05) is 26.2 Å². The first-order chi connectivity index (χ1) is 8.04. The molecule has 3 unspecified atom stereocenters. The first-order valence-electron chi connectivity index (χ1n) is 6.56. The summed E-state index contributed by atoms with van der Waals surface area (Å²) in [5.74, 6) is 0.829. The Bertz CT molecular complexity index is 248. The minimum atomic E-state index is 0.274. The van der Waals surface area contributed by atoms with Gasteiger partial charge in [-0.3, -0.25) is 0 Å². The maximum absolute atomic E-state index is 5.45. The van der Waals surface area contributed by atoms with Crippen molar-refractivity contribution in [3.05, 3.63) is 0 Å². The van der Waals surface area contributed by atoms with Crippen LogP contribution in [-0.4, -0.2) is 42.9 Å². The van der Waals surface area contributed by atoms with Crippen LogP contribution in [0.4, 0.5) is 0 Å². The Morgan fingerprint density at radius 3 is 2.82 bits per heavy atom. The third-order valence-electron chi connectivity index (χ3n) is 3.56. The highest BCUT2D eigenvalue weighted by molar-refractivity contribution is 7.80. The van der Waals surface area contributed by atoms with Crippen molar-refractivity contribution in [2.24, 2.45) is 5.92 Å². The first kappa shape index (κ1) is 14.7. The van der Waals surface area contributed by atoms with Gasteiger partial charge in [0.05, 0.1) is 6.61 Å². The third-order valence-corrected chi connectivity index (χ3v) is 3.97. The van der Waals surface area contributed by atoms with Gasteiger partial charge in [0.1, 0.15) is 0 Å². The lowest BCUT2D eigenvalue weighted by molar-refractivity contribution is 0.175. The Hall–Kier alpha value is -0.350. The molecular weight excluding hydrogens is 232 g/mol. The molecule has 17 heavy (non-hydrogen) atoms. The van der Waals surface area contributed by atoms with Crippen molar-refractivity contribution in [3.8, 4) is 0 Å². The summed E-state index contributed by atoms with van der Waals surface area (Å²) in [6.07, 6.45) is 5.22. The molecule has 0 aromatic carbocycles. The van der Waals surface area contributed by atoms with Crippen molar-refractivity contribution in [2.75, 3.05) is 20.8 Å². The van der Waals surface area contributed by atoms with E-state index in [1.807, 2.05) is 0 Å². The smallest absolute Gasteiger partial charge is 0.169 e. The minimum Gasteiger partial charge on any atom is -0.383 e. The van der Waals surface area contributed by atoms with E-state index in [1.165, 1.54) is 25.7 Å². The highest BCUT2D eigenvalue weighted by Gasteiger charge is 2.24. The van der Waals surface area contributed by atoms with Gasteiger partial charge in [0.2, 0.25) is 0 Å². The van der Waals surface area contributed by atoms with E-state index in [4.69, 9.17) is 17.0 Å². The molecule has 0 aliphatic heterocycles. The molecule has 1 rings (SSSR count). The molecule has 0 heterocycles. The molecule has 4 heteroatoms. The average molecular weight is 258 g/mol. The Kier molecular flexibility index (Phi) is 6.20. The van der Waals surface area contributed by atoms with E-state index in [1.54, 1.807) is 7.11 Å². The van der Waals surface area contributed by atoms with Crippen molar-refractivity contribution >= 4 is 17.3 Å². The van der Waals surface area contributed by atoms with E-state index in [2.05, 4.69) is 31.1 Å². The van der Waals surface area contributed by atoms with Crippen LogP contribution in [0.15, 0.2) is 0 Å². The lowest BCUT2D eigenvalue weighted by Crippen LogP contribution is -2.48. The SMILES string of the molecule is COCC(C)NC(=S)N(C)C1CCCC(C)C1. The second-order valence-corrected chi connectivity index (χ2v) is 5.73. The van der Waals surface area contributed by atoms with Crippen LogP contribution < -0.4 is 5.32 Å². The summed E-state index contributed by atoms with van der Waals surface area (Å²) in [6.45, 7) is 5.12. The number of ether oxygens (including phenoxy) is 1. The van der Waals surface area contributed by atoms with E-state index >= 15 is 0 Å². The van der Waals surface area contributed by atoms with Crippen molar-refractivity contribution < 1.29 is 4.74 Å². The highest BCUT2D eigenvalue weighted by Crippen LogP contribution is 2.26. The normalized spacial score (nSPS) is 26.4. The molecule has 3 atom stereocenters. The summed E-state index contributed by atoms with van der Waals surface area (Å²) in [7, 11) is 3.82. The van der Waals surface area contributed by atoms with Crippen LogP contribution in [0.25, 0.3) is 0 Å². The minimum absolute atomic E-state index is 0.274. The van der Waals surface area contributed by atoms with E-state index < -0.39 is 0 Å². The van der Waals surface area contributed by atoms with Gasteiger partial charge in [0.15, 0.2) is 5.11 Å². The maximum Gasteiger partial charge on any atom is 0.169 e. The number of nitrogens with zero attached hydrogens (tertiary/aromatic N) is 1. The molecule has 1 fully saturated rings. The molecule has 1 aliphatic carbocycles. The Morgan fingerprint density at radius 1 is 1.53 bits per heavy atom. The first-order valence-corrected chi connectivity index (χ1v) is 6.97. The lowest BCUT2D eigenvalue weighted by atomic mass is 9.86. The van der Waals surface area contributed by atoms with Gasteiger partial charge < -0.3 is 15.0 Å². The predicted octanol–water partition coefficient (Wildman–Crippen LogP) is 2.41. The molecular formula is C13H26N2OS. The molecule has 1 aliphatic rings. The van der Waals surface area contributed by atoms with Crippen molar-refractivity contribution in [1.82, 2.24) is 10.2 Å². The molecule has 0 amide bonds. The van der Waals surface area contributed by atoms with Crippen LogP contribution in [0.3, 0.4) is 0 Å². The van der Waals surface area contributed by atoms with Gasteiger partial charge in [-0.05, 0) is 37.9 Å². The fourth-order valence-electron chi connectivity index (χ4n) is 2.52. The van der Waals surface area contributed by atoms with Crippen LogP contribution in [0, 0.1) is 5.92 Å². The number of hydrogen-bond donors (Lipinski definition) is 1. The molecule has 0 aromatic rings. The third kappa shape index (κ3) is 4.80. The maximum atomic E-state index is 5.45. The molecule has 3 nitrogen and oxygen atoms in total. The largest absolute Gasteiger partial charge is 0.383 e. The fourth-order valence-corrected chi connectivity index (χ4v) is 2.87. The Balaban J connectivity index is 2.39. The molecule has 0 aromatic heterocycles. The molecule has 0 spiro atoms. The van der Waals surface area contributed by atoms with Crippen molar-refractivity contribution in [1.29, 1.82) is 0 Å². The van der Waals surface area contributed by atoms with Gasteiger partial charge in [-0.25, -0.2) is 0 Å². The number of methoxy groups -OCH3 is 1. The van der Waals surface area contributed by atoms with Gasteiger partial charge in [-0.2, -0.15) is 0 Å². The Labute approximate surface area is 111 Å². The summed E-state index contributed by atoms with van der Waals surface area (Å²) in [5, 5.41) is 4.18. The summed E-state index contributed by atoms with van der Waals surface area (Å²) in [5.41, 5.74) is 0. The van der Waals surface area contributed by atoms with Gasteiger partial charge >= 0.3 is 0 Å². The molecule has 1 saturated carbocycles. The predicted molar refractivity (Wildman–Crippen MR) is 76.3 cm³/mol. The monoisotopic (exact) mass is 258 g/mol. The number of hydrogen-bond acceptors (Lipinski definition) is 2. The Morgan fingerprint density at radius 2 is 2.24 bits per heavy atom. The van der Waals surface area contributed by atoms with Crippen molar-refractivity contribution in [2.45, 2.75) is 51.6 Å². The summed E-state index contributed by atoms with van der Waals surface area (Å²) in [6, 6.07) is 0.879. The summed E-state index contributed by atoms with van der Waals surface area (Å²) in [4.78, 5) is 2.23.